The molecule has 5 heteroatoms. The number of hydrogen-bond acceptors (Lipinski definition) is 3. The lowest BCUT2D eigenvalue weighted by molar-refractivity contribution is -0.139. The van der Waals surface area contributed by atoms with Gasteiger partial charge in [0.05, 0.1) is 6.61 Å². The number of anilines is 1. The molecule has 0 radical (unpaired) electrons. The Kier molecular flexibility index (Phi) is 5.35. The van der Waals surface area contributed by atoms with Gasteiger partial charge in [-0.05, 0) is 42.8 Å². The zero-order valence-electron chi connectivity index (χ0n) is 11.6. The molecule has 0 aromatic heterocycles. The fourth-order valence-corrected chi connectivity index (χ4v) is 2.35. The van der Waals surface area contributed by atoms with E-state index in [2.05, 4.69) is 29.7 Å². The average molecular weight is 292 g/mol. The molecule has 1 aromatic carbocycles. The molecule has 2 N–H and O–H groups in total. The number of nitrogens with one attached hydrogen (secondary N) is 2. The van der Waals surface area contributed by atoms with Crippen LogP contribution in [0.3, 0.4) is 0 Å². The molecule has 2 rings (SSSR count). The largest absolute Gasteiger partial charge is 0.464 e. The molecule has 0 spiro atoms. The van der Waals surface area contributed by atoms with E-state index in [-0.39, 0.29) is 12.0 Å². The van der Waals surface area contributed by atoms with Gasteiger partial charge in [0, 0.05) is 12.1 Å². The molecule has 20 heavy (non-hydrogen) atoms. The average Bonchev–Trinajstić information content (AvgIpc) is 2.83. The second kappa shape index (κ2) is 7.24. The Morgan fingerprint density at radius 3 is 2.75 bits per heavy atom. The van der Waals surface area contributed by atoms with Crippen molar-refractivity contribution in [3.63, 3.8) is 0 Å². The van der Waals surface area contributed by atoms with E-state index in [0.717, 1.165) is 12.1 Å². The SMILES string of the molecule is CCCCc1ccc(NC(=S)N[C@H]2CCOC2=O)cc1. The summed E-state index contributed by atoms with van der Waals surface area (Å²) in [6, 6.07) is 7.89. The first kappa shape index (κ1) is 14.8. The van der Waals surface area contributed by atoms with Crippen LogP contribution in [0.1, 0.15) is 31.7 Å². The van der Waals surface area contributed by atoms with Crippen LogP contribution in [-0.4, -0.2) is 23.7 Å². The van der Waals surface area contributed by atoms with E-state index >= 15 is 0 Å². The Morgan fingerprint density at radius 1 is 1.40 bits per heavy atom. The first-order chi connectivity index (χ1) is 9.69. The quantitative estimate of drug-likeness (QED) is 0.645. The molecule has 1 saturated heterocycles. The van der Waals surface area contributed by atoms with Crippen LogP contribution in [0.2, 0.25) is 0 Å². The number of unbranched alkanes of at least 4 members (excludes halogenated alkanes) is 1. The van der Waals surface area contributed by atoms with Crippen LogP contribution in [0, 0.1) is 0 Å². The molecular weight excluding hydrogens is 272 g/mol. The van der Waals surface area contributed by atoms with Crippen LogP contribution < -0.4 is 10.6 Å². The molecule has 0 unspecified atom stereocenters. The number of rotatable bonds is 5. The third-order valence-corrected chi connectivity index (χ3v) is 3.49. The lowest BCUT2D eigenvalue weighted by Crippen LogP contribution is -2.40. The van der Waals surface area contributed by atoms with E-state index in [1.807, 2.05) is 12.1 Å². The normalized spacial score (nSPS) is 17.6. The fourth-order valence-electron chi connectivity index (χ4n) is 2.09. The molecule has 1 aliphatic heterocycles. The Bertz CT molecular complexity index is 473. The Hall–Kier alpha value is -1.62. The van der Waals surface area contributed by atoms with E-state index in [1.54, 1.807) is 0 Å². The topological polar surface area (TPSA) is 50.4 Å². The van der Waals surface area contributed by atoms with Gasteiger partial charge in [-0.15, -0.1) is 0 Å². The van der Waals surface area contributed by atoms with E-state index in [0.29, 0.717) is 18.1 Å². The Labute approximate surface area is 124 Å². The minimum absolute atomic E-state index is 0.232. The summed E-state index contributed by atoms with van der Waals surface area (Å²) in [4.78, 5) is 11.3. The van der Waals surface area contributed by atoms with Crippen molar-refractivity contribution in [2.75, 3.05) is 11.9 Å². The second-order valence-electron chi connectivity index (χ2n) is 4.91. The van der Waals surface area contributed by atoms with Crippen molar-refractivity contribution < 1.29 is 9.53 Å². The molecule has 0 aliphatic carbocycles. The lowest BCUT2D eigenvalue weighted by atomic mass is 10.1. The number of esters is 1. The van der Waals surface area contributed by atoms with E-state index in [1.165, 1.54) is 18.4 Å². The van der Waals surface area contributed by atoms with Crippen molar-refractivity contribution in [3.05, 3.63) is 29.8 Å². The van der Waals surface area contributed by atoms with Gasteiger partial charge in [-0.2, -0.15) is 0 Å². The van der Waals surface area contributed by atoms with Crippen LogP contribution in [0.15, 0.2) is 24.3 Å². The molecular formula is C15H20N2O2S. The molecule has 0 bridgehead atoms. The van der Waals surface area contributed by atoms with Gasteiger partial charge in [-0.25, -0.2) is 4.79 Å². The number of hydrogen-bond donors (Lipinski definition) is 2. The maximum absolute atomic E-state index is 11.3. The maximum atomic E-state index is 11.3. The summed E-state index contributed by atoms with van der Waals surface area (Å²) in [6.07, 6.45) is 4.17. The number of aryl methyl sites for hydroxylation is 1. The van der Waals surface area contributed by atoms with E-state index in [4.69, 9.17) is 17.0 Å². The maximum Gasteiger partial charge on any atom is 0.328 e. The fraction of sp³-hybridized carbons (Fsp3) is 0.467. The summed E-state index contributed by atoms with van der Waals surface area (Å²) in [6.45, 7) is 2.65. The van der Waals surface area contributed by atoms with Gasteiger partial charge in [0.1, 0.15) is 6.04 Å². The molecule has 1 aliphatic rings. The minimum atomic E-state index is -0.321. The van der Waals surface area contributed by atoms with Gasteiger partial charge >= 0.3 is 5.97 Å². The monoisotopic (exact) mass is 292 g/mol. The van der Waals surface area contributed by atoms with Gasteiger partial charge in [-0.1, -0.05) is 25.5 Å². The zero-order valence-corrected chi connectivity index (χ0v) is 12.5. The smallest absolute Gasteiger partial charge is 0.328 e. The van der Waals surface area contributed by atoms with Crippen LogP contribution in [0.4, 0.5) is 5.69 Å². The highest BCUT2D eigenvalue weighted by Crippen LogP contribution is 2.12. The first-order valence-corrected chi connectivity index (χ1v) is 7.43. The van der Waals surface area contributed by atoms with Crippen molar-refractivity contribution in [2.24, 2.45) is 0 Å². The van der Waals surface area contributed by atoms with Crippen LogP contribution in [0.25, 0.3) is 0 Å². The number of ether oxygens (including phenoxy) is 1. The summed E-state index contributed by atoms with van der Waals surface area (Å²) in [5.74, 6) is -0.232. The number of thiocarbonyl (C=S) groups is 1. The Balaban J connectivity index is 1.83. The standard InChI is InChI=1S/C15H20N2O2S/c1-2-3-4-11-5-7-12(8-6-11)16-15(20)17-13-9-10-19-14(13)18/h5-8,13H,2-4,9-10H2,1H3,(H2,16,17,20)/t13-/m0/s1. The predicted octanol–water partition coefficient (Wildman–Crippen LogP) is 2.63. The molecule has 4 nitrogen and oxygen atoms in total. The zero-order chi connectivity index (χ0) is 14.4. The Morgan fingerprint density at radius 2 is 2.15 bits per heavy atom. The van der Waals surface area contributed by atoms with E-state index < -0.39 is 0 Å². The molecule has 1 atom stereocenters. The van der Waals surface area contributed by atoms with Crippen molar-refractivity contribution >= 4 is 29.0 Å². The lowest BCUT2D eigenvalue weighted by Gasteiger charge is -2.13. The summed E-state index contributed by atoms with van der Waals surface area (Å²) in [5, 5.41) is 6.51. The van der Waals surface area contributed by atoms with Crippen molar-refractivity contribution in [2.45, 2.75) is 38.6 Å². The van der Waals surface area contributed by atoms with Crippen molar-refractivity contribution in [1.29, 1.82) is 0 Å². The van der Waals surface area contributed by atoms with Crippen LogP contribution >= 0.6 is 12.2 Å². The highest BCUT2D eigenvalue weighted by molar-refractivity contribution is 7.80. The summed E-state index contributed by atoms with van der Waals surface area (Å²) in [5.41, 5.74) is 2.25. The molecule has 108 valence electrons. The number of carbonyl (C=O) groups excluding carboxylic acids is 1. The van der Waals surface area contributed by atoms with Crippen LogP contribution in [0.5, 0.6) is 0 Å². The van der Waals surface area contributed by atoms with Gasteiger partial charge in [0.25, 0.3) is 0 Å². The highest BCUT2D eigenvalue weighted by Gasteiger charge is 2.26. The second-order valence-corrected chi connectivity index (χ2v) is 5.32. The van der Waals surface area contributed by atoms with Gasteiger partial charge < -0.3 is 15.4 Å². The third kappa shape index (κ3) is 4.20. The summed E-state index contributed by atoms with van der Waals surface area (Å²) in [7, 11) is 0. The summed E-state index contributed by atoms with van der Waals surface area (Å²) >= 11 is 5.20. The predicted molar refractivity (Wildman–Crippen MR) is 83.8 cm³/mol. The van der Waals surface area contributed by atoms with Crippen LogP contribution in [-0.2, 0) is 16.0 Å². The molecule has 0 amide bonds. The van der Waals surface area contributed by atoms with Crippen molar-refractivity contribution in [1.82, 2.24) is 5.32 Å². The summed E-state index contributed by atoms with van der Waals surface area (Å²) < 4.78 is 4.88. The first-order valence-electron chi connectivity index (χ1n) is 7.02. The third-order valence-electron chi connectivity index (χ3n) is 3.27. The van der Waals surface area contributed by atoms with Gasteiger partial charge in [-0.3, -0.25) is 0 Å². The van der Waals surface area contributed by atoms with Gasteiger partial charge in [0.15, 0.2) is 5.11 Å². The highest BCUT2D eigenvalue weighted by atomic mass is 32.1. The number of cyclic esters (lactones) is 1. The molecule has 1 fully saturated rings. The molecule has 1 heterocycles. The van der Waals surface area contributed by atoms with E-state index in [9.17, 15) is 4.79 Å². The minimum Gasteiger partial charge on any atom is -0.464 e. The van der Waals surface area contributed by atoms with Crippen molar-refractivity contribution in [3.8, 4) is 0 Å². The molecule has 0 saturated carbocycles. The van der Waals surface area contributed by atoms with Gasteiger partial charge in [0.2, 0.25) is 0 Å². The number of carbonyl (C=O) groups is 1. The molecule has 1 aromatic rings. The number of benzene rings is 1.